The van der Waals surface area contributed by atoms with Gasteiger partial charge >= 0.3 is 11.9 Å². The number of fused-ring (bicyclic) bond motifs is 5. The summed E-state index contributed by atoms with van der Waals surface area (Å²) in [5.41, 5.74) is 2.27. The van der Waals surface area contributed by atoms with Crippen molar-refractivity contribution in [1.82, 2.24) is 0 Å². The Hall–Kier alpha value is -1.32. The van der Waals surface area contributed by atoms with Crippen LogP contribution in [0.25, 0.3) is 0 Å². The highest BCUT2D eigenvalue weighted by atomic mass is 16.5. The van der Waals surface area contributed by atoms with Gasteiger partial charge in [0.1, 0.15) is 6.10 Å². The predicted molar refractivity (Wildman–Crippen MR) is 140 cm³/mol. The molecular formula is C31H50O4. The van der Waals surface area contributed by atoms with Gasteiger partial charge in [-0.3, -0.25) is 9.59 Å². The number of allylic oxidation sites excluding steroid dienone is 1. The molecular weight excluding hydrogens is 436 g/mol. The van der Waals surface area contributed by atoms with Gasteiger partial charge in [-0.1, -0.05) is 65.5 Å². The Morgan fingerprint density at radius 1 is 1.03 bits per heavy atom. The van der Waals surface area contributed by atoms with Crippen LogP contribution in [0.5, 0.6) is 0 Å². The molecule has 4 rings (SSSR count). The summed E-state index contributed by atoms with van der Waals surface area (Å²) in [6.07, 6.45) is 16.0. The van der Waals surface area contributed by atoms with Crippen molar-refractivity contribution in [3.8, 4) is 0 Å². The Balaban J connectivity index is 1.40. The van der Waals surface area contributed by atoms with Gasteiger partial charge in [-0.05, 0) is 91.3 Å². The molecule has 0 bridgehead atoms. The summed E-state index contributed by atoms with van der Waals surface area (Å²) in [5, 5.41) is 8.84. The minimum atomic E-state index is -0.942. The van der Waals surface area contributed by atoms with Crippen molar-refractivity contribution in [3.05, 3.63) is 11.6 Å². The van der Waals surface area contributed by atoms with Crippen LogP contribution in [0.2, 0.25) is 0 Å². The van der Waals surface area contributed by atoms with Gasteiger partial charge < -0.3 is 9.84 Å². The predicted octanol–water partition coefficient (Wildman–Crippen LogP) is 7.80. The number of esters is 1. The van der Waals surface area contributed by atoms with E-state index in [2.05, 4.69) is 40.7 Å². The third-order valence-corrected chi connectivity index (χ3v) is 11.1. The topological polar surface area (TPSA) is 63.6 Å². The number of ether oxygens (including phenoxy) is 1. The summed E-state index contributed by atoms with van der Waals surface area (Å²) in [6, 6.07) is 0. The summed E-state index contributed by atoms with van der Waals surface area (Å²) >= 11 is 0. The Morgan fingerprint density at radius 2 is 1.80 bits per heavy atom. The first-order chi connectivity index (χ1) is 16.5. The minimum Gasteiger partial charge on any atom is -0.481 e. The van der Waals surface area contributed by atoms with Crippen LogP contribution in [0.1, 0.15) is 118 Å². The van der Waals surface area contributed by atoms with Crippen molar-refractivity contribution in [3.63, 3.8) is 0 Å². The molecule has 35 heavy (non-hydrogen) atoms. The molecule has 4 aliphatic carbocycles. The first kappa shape index (κ1) is 26.7. The molecule has 0 aromatic heterocycles. The highest BCUT2D eigenvalue weighted by Gasteiger charge is 2.59. The van der Waals surface area contributed by atoms with E-state index in [4.69, 9.17) is 9.84 Å². The number of aliphatic carboxylic acids is 1. The molecule has 0 saturated heterocycles. The average Bonchev–Trinajstić information content (AvgIpc) is 3.15. The van der Waals surface area contributed by atoms with E-state index in [9.17, 15) is 9.59 Å². The highest BCUT2D eigenvalue weighted by molar-refractivity contribution is 5.76. The van der Waals surface area contributed by atoms with E-state index in [0.717, 1.165) is 54.8 Å². The number of carboxylic acids is 1. The van der Waals surface area contributed by atoms with E-state index in [1.54, 1.807) is 0 Å². The molecule has 0 aromatic carbocycles. The van der Waals surface area contributed by atoms with Crippen molar-refractivity contribution >= 4 is 11.9 Å². The second kappa shape index (κ2) is 10.6. The molecule has 3 unspecified atom stereocenters. The molecule has 4 heteroatoms. The first-order valence-electron chi connectivity index (χ1n) is 14.7. The van der Waals surface area contributed by atoms with E-state index >= 15 is 0 Å². The largest absolute Gasteiger partial charge is 0.481 e. The van der Waals surface area contributed by atoms with Crippen LogP contribution in [-0.4, -0.2) is 23.1 Å². The lowest BCUT2D eigenvalue weighted by atomic mass is 9.47. The molecule has 4 nitrogen and oxygen atoms in total. The standard InChI is InChI=1S/C31H50O4/c1-20(2)7-6-8-21(3)25-11-12-26-24-10-9-22-19-23(35-29(34)14-13-28(32)33)15-17-30(22,4)27(24)16-18-31(25,26)5/h9,20-21,23-27H,6-8,10-19H2,1-5H3,(H,32,33)/t21-,23-,24?,25-,26?,27?,30+,31-/m1/s1. The fraction of sp³-hybridized carbons (Fsp3) is 0.871. The lowest BCUT2D eigenvalue weighted by molar-refractivity contribution is -0.154. The number of hydrogen-bond donors (Lipinski definition) is 1. The summed E-state index contributed by atoms with van der Waals surface area (Å²) in [7, 11) is 0. The van der Waals surface area contributed by atoms with Crippen LogP contribution in [0.3, 0.4) is 0 Å². The van der Waals surface area contributed by atoms with Crippen molar-refractivity contribution in [2.24, 2.45) is 46.3 Å². The molecule has 0 radical (unpaired) electrons. The van der Waals surface area contributed by atoms with Crippen LogP contribution in [0.4, 0.5) is 0 Å². The summed E-state index contributed by atoms with van der Waals surface area (Å²) in [6.45, 7) is 12.4. The molecule has 8 atom stereocenters. The number of carboxylic acid groups (broad SMARTS) is 1. The maximum Gasteiger partial charge on any atom is 0.306 e. The lowest BCUT2D eigenvalue weighted by Crippen LogP contribution is -2.51. The lowest BCUT2D eigenvalue weighted by Gasteiger charge is -2.58. The van der Waals surface area contributed by atoms with Gasteiger partial charge in [-0.2, -0.15) is 0 Å². The van der Waals surface area contributed by atoms with Gasteiger partial charge in [-0.25, -0.2) is 0 Å². The summed E-state index contributed by atoms with van der Waals surface area (Å²) in [5.74, 6) is 3.68. The van der Waals surface area contributed by atoms with Crippen LogP contribution in [0, 0.1) is 46.3 Å². The van der Waals surface area contributed by atoms with Gasteiger partial charge in [0.25, 0.3) is 0 Å². The van der Waals surface area contributed by atoms with Crippen LogP contribution in [0.15, 0.2) is 11.6 Å². The van der Waals surface area contributed by atoms with Crippen molar-refractivity contribution < 1.29 is 19.4 Å². The molecule has 198 valence electrons. The maximum atomic E-state index is 12.1. The normalized spacial score (nSPS) is 39.3. The Labute approximate surface area is 213 Å². The minimum absolute atomic E-state index is 0.0236. The van der Waals surface area contributed by atoms with Gasteiger partial charge in [0.05, 0.1) is 12.8 Å². The number of rotatable bonds is 9. The summed E-state index contributed by atoms with van der Waals surface area (Å²) < 4.78 is 5.70. The summed E-state index contributed by atoms with van der Waals surface area (Å²) in [4.78, 5) is 22.9. The zero-order chi connectivity index (χ0) is 25.4. The molecule has 0 amide bonds. The van der Waals surface area contributed by atoms with Gasteiger partial charge in [0.2, 0.25) is 0 Å². The van der Waals surface area contributed by atoms with E-state index < -0.39 is 5.97 Å². The molecule has 1 N–H and O–H groups in total. The quantitative estimate of drug-likeness (QED) is 0.267. The highest BCUT2D eigenvalue weighted by Crippen LogP contribution is 2.67. The number of carbonyl (C=O) groups is 2. The Bertz CT molecular complexity index is 815. The van der Waals surface area contributed by atoms with Gasteiger partial charge in [0.15, 0.2) is 0 Å². The molecule has 4 aliphatic rings. The van der Waals surface area contributed by atoms with Crippen LogP contribution < -0.4 is 0 Å². The number of hydrogen-bond acceptors (Lipinski definition) is 3. The van der Waals surface area contributed by atoms with Gasteiger partial charge in [-0.15, -0.1) is 0 Å². The molecule has 3 saturated carbocycles. The van der Waals surface area contributed by atoms with Crippen molar-refractivity contribution in [1.29, 1.82) is 0 Å². The first-order valence-corrected chi connectivity index (χ1v) is 14.7. The third kappa shape index (κ3) is 5.37. The second-order valence-electron chi connectivity index (χ2n) is 13.5. The van der Waals surface area contributed by atoms with Gasteiger partial charge in [0, 0.05) is 6.42 Å². The molecule has 0 heterocycles. The SMILES string of the molecule is CC(C)CCC[C@@H](C)[C@H]1CCC2C3CC=C4C[C@H](OC(=O)CCC(=O)O)CC[C@]4(C)C3CC[C@@]21C. The molecule has 0 aliphatic heterocycles. The second-order valence-corrected chi connectivity index (χ2v) is 13.5. The fourth-order valence-electron chi connectivity index (χ4n) is 9.21. The zero-order valence-electron chi connectivity index (χ0n) is 23.0. The van der Waals surface area contributed by atoms with Crippen molar-refractivity contribution in [2.75, 3.05) is 0 Å². The van der Waals surface area contributed by atoms with Crippen LogP contribution in [-0.2, 0) is 14.3 Å². The smallest absolute Gasteiger partial charge is 0.306 e. The molecule has 3 fully saturated rings. The Morgan fingerprint density at radius 3 is 2.51 bits per heavy atom. The average molecular weight is 487 g/mol. The Kier molecular flexibility index (Phi) is 8.08. The van der Waals surface area contributed by atoms with E-state index in [1.165, 1.54) is 56.9 Å². The van der Waals surface area contributed by atoms with E-state index in [0.29, 0.717) is 5.41 Å². The van der Waals surface area contributed by atoms with E-state index in [-0.39, 0.29) is 30.3 Å². The zero-order valence-corrected chi connectivity index (χ0v) is 23.0. The molecule has 0 aromatic rings. The van der Waals surface area contributed by atoms with E-state index in [1.807, 2.05) is 0 Å². The number of carbonyl (C=O) groups excluding carboxylic acids is 1. The maximum absolute atomic E-state index is 12.1. The monoisotopic (exact) mass is 486 g/mol. The molecule has 0 spiro atoms. The van der Waals surface area contributed by atoms with Crippen molar-refractivity contribution in [2.45, 2.75) is 124 Å². The third-order valence-electron chi connectivity index (χ3n) is 11.1. The van der Waals surface area contributed by atoms with Crippen LogP contribution >= 0.6 is 0 Å². The fourth-order valence-corrected chi connectivity index (χ4v) is 9.21.